The van der Waals surface area contributed by atoms with Crippen molar-refractivity contribution >= 4 is 5.91 Å². The molecule has 1 fully saturated rings. The number of aliphatic hydroxyl groups excluding tert-OH is 1. The molecule has 26 heavy (non-hydrogen) atoms. The van der Waals surface area contributed by atoms with E-state index in [1.807, 2.05) is 6.07 Å². The molecule has 1 aliphatic heterocycles. The van der Waals surface area contributed by atoms with Crippen LogP contribution >= 0.6 is 0 Å². The summed E-state index contributed by atoms with van der Waals surface area (Å²) in [6, 6.07) is 3.63. The van der Waals surface area contributed by atoms with E-state index in [1.165, 1.54) is 0 Å². The standard InChI is InChI=1S/C18H27N5O3/c1-18(2,3)16-8-12(20-21-16)10-19-17(25)15-9-14(26-22-15)11-23-6-4-13(24)5-7-23/h8-9,13,24H,4-7,10-11H2,1-3H3,(H,19,25)(H,20,21). The number of rotatable bonds is 5. The highest BCUT2D eigenvalue weighted by molar-refractivity contribution is 5.92. The maximum Gasteiger partial charge on any atom is 0.273 e. The Morgan fingerprint density at radius 1 is 1.38 bits per heavy atom. The van der Waals surface area contributed by atoms with Crippen LogP contribution in [0, 0.1) is 0 Å². The van der Waals surface area contributed by atoms with Gasteiger partial charge in [0.15, 0.2) is 11.5 Å². The molecule has 1 amide bonds. The molecule has 1 saturated heterocycles. The van der Waals surface area contributed by atoms with Crippen LogP contribution in [0.4, 0.5) is 0 Å². The average Bonchev–Trinajstić information content (AvgIpc) is 3.24. The summed E-state index contributed by atoms with van der Waals surface area (Å²) in [6.07, 6.45) is 1.33. The number of hydrogen-bond donors (Lipinski definition) is 3. The van der Waals surface area contributed by atoms with E-state index >= 15 is 0 Å². The van der Waals surface area contributed by atoms with E-state index in [1.54, 1.807) is 6.07 Å². The highest BCUT2D eigenvalue weighted by atomic mass is 16.5. The summed E-state index contributed by atoms with van der Waals surface area (Å²) in [4.78, 5) is 14.4. The summed E-state index contributed by atoms with van der Waals surface area (Å²) in [6.45, 7) is 8.86. The molecular formula is C18H27N5O3. The van der Waals surface area contributed by atoms with Crippen LogP contribution in [0.25, 0.3) is 0 Å². The van der Waals surface area contributed by atoms with Crippen LogP contribution < -0.4 is 5.32 Å². The number of aromatic amines is 1. The summed E-state index contributed by atoms with van der Waals surface area (Å²) < 4.78 is 5.28. The molecule has 0 radical (unpaired) electrons. The molecule has 0 unspecified atom stereocenters. The molecule has 3 rings (SSSR count). The number of H-pyrrole nitrogens is 1. The second-order valence-electron chi connectivity index (χ2n) is 7.90. The number of aromatic nitrogens is 3. The van der Waals surface area contributed by atoms with E-state index in [4.69, 9.17) is 4.52 Å². The third-order valence-electron chi connectivity index (χ3n) is 4.57. The number of carbonyl (C=O) groups is 1. The maximum atomic E-state index is 12.3. The molecule has 0 aromatic carbocycles. The van der Waals surface area contributed by atoms with Crippen LogP contribution in [0.2, 0.25) is 0 Å². The molecule has 8 nitrogen and oxygen atoms in total. The van der Waals surface area contributed by atoms with Gasteiger partial charge in [-0.25, -0.2) is 0 Å². The van der Waals surface area contributed by atoms with Crippen molar-refractivity contribution in [2.24, 2.45) is 0 Å². The van der Waals surface area contributed by atoms with Crippen molar-refractivity contribution in [2.75, 3.05) is 13.1 Å². The highest BCUT2D eigenvalue weighted by Crippen LogP contribution is 2.20. The Morgan fingerprint density at radius 3 is 2.77 bits per heavy atom. The number of nitrogens with zero attached hydrogens (tertiary/aromatic N) is 3. The fourth-order valence-electron chi connectivity index (χ4n) is 2.89. The largest absolute Gasteiger partial charge is 0.393 e. The van der Waals surface area contributed by atoms with Gasteiger partial charge in [0.25, 0.3) is 5.91 Å². The summed E-state index contributed by atoms with van der Waals surface area (Å²) >= 11 is 0. The van der Waals surface area contributed by atoms with Crippen LogP contribution in [0.15, 0.2) is 16.7 Å². The van der Waals surface area contributed by atoms with E-state index < -0.39 is 0 Å². The Balaban J connectivity index is 1.51. The second kappa shape index (κ2) is 7.59. The normalized spacial score (nSPS) is 16.8. The number of piperidine rings is 1. The molecule has 142 valence electrons. The average molecular weight is 361 g/mol. The molecule has 0 aliphatic carbocycles. The molecule has 8 heteroatoms. The predicted octanol–water partition coefficient (Wildman–Crippen LogP) is 1.58. The van der Waals surface area contributed by atoms with Crippen LogP contribution in [0.1, 0.15) is 61.2 Å². The van der Waals surface area contributed by atoms with Gasteiger partial charge in [-0.1, -0.05) is 25.9 Å². The molecule has 2 aromatic rings. The van der Waals surface area contributed by atoms with E-state index in [0.29, 0.717) is 18.8 Å². The van der Waals surface area contributed by atoms with Crippen molar-refractivity contribution in [3.05, 3.63) is 35.0 Å². The molecule has 0 atom stereocenters. The predicted molar refractivity (Wildman–Crippen MR) is 95.5 cm³/mol. The fraction of sp³-hybridized carbons (Fsp3) is 0.611. The molecule has 1 aliphatic rings. The van der Waals surface area contributed by atoms with E-state index in [2.05, 4.69) is 46.3 Å². The van der Waals surface area contributed by atoms with Gasteiger partial charge >= 0.3 is 0 Å². The lowest BCUT2D eigenvalue weighted by atomic mass is 9.92. The zero-order valence-corrected chi connectivity index (χ0v) is 15.6. The summed E-state index contributed by atoms with van der Waals surface area (Å²) in [5, 5.41) is 23.5. The SMILES string of the molecule is CC(C)(C)c1cc(CNC(=O)c2cc(CN3CCC(O)CC3)on2)[nH]n1. The van der Waals surface area contributed by atoms with Crippen LogP contribution in [0.3, 0.4) is 0 Å². The van der Waals surface area contributed by atoms with E-state index in [-0.39, 0.29) is 23.1 Å². The number of likely N-dealkylation sites (tertiary alicyclic amines) is 1. The molecular weight excluding hydrogens is 334 g/mol. The lowest BCUT2D eigenvalue weighted by molar-refractivity contribution is 0.0748. The van der Waals surface area contributed by atoms with Crippen molar-refractivity contribution < 1.29 is 14.4 Å². The highest BCUT2D eigenvalue weighted by Gasteiger charge is 2.20. The van der Waals surface area contributed by atoms with Gasteiger partial charge in [0.1, 0.15) is 0 Å². The maximum absolute atomic E-state index is 12.3. The van der Waals surface area contributed by atoms with Crippen molar-refractivity contribution in [3.8, 4) is 0 Å². The lowest BCUT2D eigenvalue weighted by Gasteiger charge is -2.28. The van der Waals surface area contributed by atoms with Crippen molar-refractivity contribution in [1.29, 1.82) is 0 Å². The smallest absolute Gasteiger partial charge is 0.273 e. The van der Waals surface area contributed by atoms with Gasteiger partial charge in [0.05, 0.1) is 30.6 Å². The first-order valence-electron chi connectivity index (χ1n) is 9.00. The van der Waals surface area contributed by atoms with Crippen molar-refractivity contribution in [2.45, 2.75) is 58.2 Å². The Morgan fingerprint density at radius 2 is 2.12 bits per heavy atom. The lowest BCUT2D eigenvalue weighted by Crippen LogP contribution is -2.35. The van der Waals surface area contributed by atoms with Crippen LogP contribution in [0.5, 0.6) is 0 Å². The Labute approximate surface area is 152 Å². The molecule has 0 bridgehead atoms. The molecule has 3 heterocycles. The third kappa shape index (κ3) is 4.70. The molecule has 0 saturated carbocycles. The molecule has 0 spiro atoms. The monoisotopic (exact) mass is 361 g/mol. The minimum atomic E-state index is -0.277. The number of nitrogens with one attached hydrogen (secondary N) is 2. The minimum absolute atomic E-state index is 0.0374. The topological polar surface area (TPSA) is 107 Å². The van der Waals surface area contributed by atoms with Crippen molar-refractivity contribution in [3.63, 3.8) is 0 Å². The zero-order chi connectivity index (χ0) is 18.7. The third-order valence-corrected chi connectivity index (χ3v) is 4.57. The van der Waals surface area contributed by atoms with E-state index in [0.717, 1.165) is 37.3 Å². The van der Waals surface area contributed by atoms with Crippen LogP contribution in [-0.4, -0.2) is 50.5 Å². The van der Waals surface area contributed by atoms with Gasteiger partial charge in [0, 0.05) is 24.6 Å². The van der Waals surface area contributed by atoms with Gasteiger partial charge < -0.3 is 14.9 Å². The first kappa shape index (κ1) is 18.6. The second-order valence-corrected chi connectivity index (χ2v) is 7.90. The first-order valence-corrected chi connectivity index (χ1v) is 9.00. The van der Waals surface area contributed by atoms with Crippen LogP contribution in [-0.2, 0) is 18.5 Å². The fourth-order valence-corrected chi connectivity index (χ4v) is 2.89. The van der Waals surface area contributed by atoms with Gasteiger partial charge in [-0.05, 0) is 18.9 Å². The first-order chi connectivity index (χ1) is 12.3. The molecule has 3 N–H and O–H groups in total. The number of carbonyl (C=O) groups excluding carboxylic acids is 1. The summed E-state index contributed by atoms with van der Waals surface area (Å²) in [5.41, 5.74) is 2.04. The molecule has 2 aromatic heterocycles. The minimum Gasteiger partial charge on any atom is -0.393 e. The van der Waals surface area contributed by atoms with Gasteiger partial charge in [-0.3, -0.25) is 14.8 Å². The number of amides is 1. The summed E-state index contributed by atoms with van der Waals surface area (Å²) in [5.74, 6) is 0.379. The zero-order valence-electron chi connectivity index (χ0n) is 15.6. The Bertz CT molecular complexity index is 738. The van der Waals surface area contributed by atoms with E-state index in [9.17, 15) is 9.90 Å². The Hall–Kier alpha value is -2.19. The van der Waals surface area contributed by atoms with Gasteiger partial charge in [-0.15, -0.1) is 0 Å². The van der Waals surface area contributed by atoms with Gasteiger partial charge in [0.2, 0.25) is 0 Å². The number of hydrogen-bond acceptors (Lipinski definition) is 6. The summed E-state index contributed by atoms with van der Waals surface area (Å²) in [7, 11) is 0. The van der Waals surface area contributed by atoms with Crippen molar-refractivity contribution in [1.82, 2.24) is 25.6 Å². The van der Waals surface area contributed by atoms with Gasteiger partial charge in [-0.2, -0.15) is 5.10 Å². The quantitative estimate of drug-likeness (QED) is 0.746. The Kier molecular flexibility index (Phi) is 5.43. The number of aliphatic hydroxyl groups is 1.